The van der Waals surface area contributed by atoms with Crippen LogP contribution in [0.1, 0.15) is 23.1 Å². The van der Waals surface area contributed by atoms with Gasteiger partial charge in [0.2, 0.25) is 5.91 Å². The van der Waals surface area contributed by atoms with Crippen molar-refractivity contribution < 1.29 is 9.21 Å². The first kappa shape index (κ1) is 16.5. The van der Waals surface area contributed by atoms with Crippen LogP contribution in [0.3, 0.4) is 0 Å². The number of amides is 1. The standard InChI is InChI=1S/C20H17N3O2/c21-11-16-5-3-15(4-6-16)7-8-20(24)23-13-17-10-18(14-22-12-17)19-2-1-9-25-19/h1-6,9-10,12,14H,7-8,13H2,(H,23,24). The van der Waals surface area contributed by atoms with Gasteiger partial charge in [-0.05, 0) is 47.9 Å². The van der Waals surface area contributed by atoms with Gasteiger partial charge in [-0.2, -0.15) is 5.26 Å². The Morgan fingerprint density at radius 3 is 2.72 bits per heavy atom. The Labute approximate surface area is 145 Å². The smallest absolute Gasteiger partial charge is 0.220 e. The van der Waals surface area contributed by atoms with Crippen molar-refractivity contribution in [2.24, 2.45) is 0 Å². The van der Waals surface area contributed by atoms with Crippen molar-refractivity contribution in [1.82, 2.24) is 10.3 Å². The van der Waals surface area contributed by atoms with Gasteiger partial charge in [-0.15, -0.1) is 0 Å². The van der Waals surface area contributed by atoms with Gasteiger partial charge in [-0.3, -0.25) is 9.78 Å². The first-order valence-electron chi connectivity index (χ1n) is 7.98. The fourth-order valence-electron chi connectivity index (χ4n) is 2.45. The number of nitrogens with zero attached hydrogens (tertiary/aromatic N) is 2. The predicted molar refractivity (Wildman–Crippen MR) is 93.3 cm³/mol. The molecule has 5 heteroatoms. The molecule has 1 N–H and O–H groups in total. The van der Waals surface area contributed by atoms with Crippen LogP contribution in [0.4, 0.5) is 0 Å². The Balaban J connectivity index is 1.50. The molecule has 124 valence electrons. The highest BCUT2D eigenvalue weighted by atomic mass is 16.3. The molecule has 0 spiro atoms. The normalized spacial score (nSPS) is 10.2. The summed E-state index contributed by atoms with van der Waals surface area (Å²) in [6.07, 6.45) is 6.12. The molecule has 0 atom stereocenters. The third kappa shape index (κ3) is 4.55. The number of benzene rings is 1. The molecular formula is C20H17N3O2. The number of nitrogens with one attached hydrogen (secondary N) is 1. The summed E-state index contributed by atoms with van der Waals surface area (Å²) < 4.78 is 5.36. The number of aryl methyl sites for hydroxylation is 1. The van der Waals surface area contributed by atoms with Gasteiger partial charge >= 0.3 is 0 Å². The summed E-state index contributed by atoms with van der Waals surface area (Å²) in [6.45, 7) is 0.424. The molecule has 3 aromatic rings. The third-order valence-electron chi connectivity index (χ3n) is 3.81. The molecule has 5 nitrogen and oxygen atoms in total. The van der Waals surface area contributed by atoms with E-state index in [4.69, 9.17) is 9.68 Å². The number of aromatic nitrogens is 1. The van der Waals surface area contributed by atoms with Crippen molar-refractivity contribution in [3.63, 3.8) is 0 Å². The highest BCUT2D eigenvalue weighted by Crippen LogP contribution is 2.19. The first-order valence-corrected chi connectivity index (χ1v) is 7.98. The molecule has 0 saturated carbocycles. The van der Waals surface area contributed by atoms with E-state index in [-0.39, 0.29) is 5.91 Å². The second kappa shape index (κ2) is 7.93. The van der Waals surface area contributed by atoms with Crippen molar-refractivity contribution in [3.8, 4) is 17.4 Å². The summed E-state index contributed by atoms with van der Waals surface area (Å²) in [6, 6.07) is 15.0. The highest BCUT2D eigenvalue weighted by molar-refractivity contribution is 5.76. The maximum absolute atomic E-state index is 12.0. The van der Waals surface area contributed by atoms with E-state index in [1.54, 1.807) is 30.8 Å². The minimum atomic E-state index is -0.0206. The maximum Gasteiger partial charge on any atom is 0.220 e. The largest absolute Gasteiger partial charge is 0.464 e. The second-order valence-electron chi connectivity index (χ2n) is 5.64. The molecule has 3 rings (SSSR count). The van der Waals surface area contributed by atoms with Crippen LogP contribution >= 0.6 is 0 Å². The van der Waals surface area contributed by atoms with Crippen LogP contribution in [0.25, 0.3) is 11.3 Å². The molecule has 0 aliphatic rings. The minimum absolute atomic E-state index is 0.0206. The molecular weight excluding hydrogens is 314 g/mol. The number of hydrogen-bond acceptors (Lipinski definition) is 4. The lowest BCUT2D eigenvalue weighted by Crippen LogP contribution is -2.23. The summed E-state index contributed by atoms with van der Waals surface area (Å²) in [5.41, 5.74) is 3.46. The molecule has 0 unspecified atom stereocenters. The Kier molecular flexibility index (Phi) is 5.22. The maximum atomic E-state index is 12.0. The molecule has 0 aliphatic carbocycles. The van der Waals surface area contributed by atoms with Crippen LogP contribution < -0.4 is 5.32 Å². The zero-order valence-electron chi connectivity index (χ0n) is 13.6. The van der Waals surface area contributed by atoms with E-state index in [0.717, 1.165) is 22.5 Å². The topological polar surface area (TPSA) is 78.9 Å². The molecule has 2 heterocycles. The lowest BCUT2D eigenvalue weighted by Gasteiger charge is -2.06. The Morgan fingerprint density at radius 2 is 2.00 bits per heavy atom. The van der Waals surface area contributed by atoms with Gasteiger partial charge in [0.15, 0.2) is 0 Å². The summed E-state index contributed by atoms with van der Waals surface area (Å²) in [5.74, 6) is 0.731. The van der Waals surface area contributed by atoms with Crippen LogP contribution in [-0.4, -0.2) is 10.9 Å². The van der Waals surface area contributed by atoms with E-state index >= 15 is 0 Å². The van der Waals surface area contributed by atoms with Gasteiger partial charge in [-0.25, -0.2) is 0 Å². The molecule has 2 aromatic heterocycles. The Bertz CT molecular complexity index is 878. The van der Waals surface area contributed by atoms with E-state index < -0.39 is 0 Å². The summed E-state index contributed by atoms with van der Waals surface area (Å²) >= 11 is 0. The number of pyridine rings is 1. The van der Waals surface area contributed by atoms with E-state index in [9.17, 15) is 4.79 Å². The van der Waals surface area contributed by atoms with Crippen molar-refractivity contribution >= 4 is 5.91 Å². The lowest BCUT2D eigenvalue weighted by molar-refractivity contribution is -0.121. The predicted octanol–water partition coefficient (Wildman–Crippen LogP) is 3.46. The van der Waals surface area contributed by atoms with Gasteiger partial charge in [0.25, 0.3) is 0 Å². The zero-order chi connectivity index (χ0) is 17.5. The molecule has 0 aliphatic heterocycles. The number of carbonyl (C=O) groups is 1. The summed E-state index contributed by atoms with van der Waals surface area (Å²) in [7, 11) is 0. The molecule has 0 saturated heterocycles. The van der Waals surface area contributed by atoms with Crippen LogP contribution in [0.2, 0.25) is 0 Å². The average Bonchev–Trinajstić information content (AvgIpc) is 3.20. The minimum Gasteiger partial charge on any atom is -0.464 e. The van der Waals surface area contributed by atoms with Gasteiger partial charge in [0, 0.05) is 30.9 Å². The van der Waals surface area contributed by atoms with Crippen LogP contribution in [0.5, 0.6) is 0 Å². The number of hydrogen-bond donors (Lipinski definition) is 1. The average molecular weight is 331 g/mol. The molecule has 25 heavy (non-hydrogen) atoms. The van der Waals surface area contributed by atoms with Crippen LogP contribution in [0.15, 0.2) is 65.5 Å². The zero-order valence-corrected chi connectivity index (χ0v) is 13.6. The lowest BCUT2D eigenvalue weighted by atomic mass is 10.1. The SMILES string of the molecule is N#Cc1ccc(CCC(=O)NCc2cncc(-c3ccco3)c2)cc1. The molecule has 0 bridgehead atoms. The van der Waals surface area contributed by atoms with E-state index in [1.807, 2.05) is 30.3 Å². The monoisotopic (exact) mass is 331 g/mol. The Morgan fingerprint density at radius 1 is 1.16 bits per heavy atom. The van der Waals surface area contributed by atoms with Crippen LogP contribution in [0, 0.1) is 11.3 Å². The molecule has 1 aromatic carbocycles. The number of furan rings is 1. The van der Waals surface area contributed by atoms with E-state index in [1.165, 1.54) is 0 Å². The number of rotatable bonds is 6. The quantitative estimate of drug-likeness (QED) is 0.750. The van der Waals surface area contributed by atoms with Crippen molar-refractivity contribution in [3.05, 3.63) is 77.8 Å². The highest BCUT2D eigenvalue weighted by Gasteiger charge is 2.05. The second-order valence-corrected chi connectivity index (χ2v) is 5.64. The molecule has 0 fully saturated rings. The van der Waals surface area contributed by atoms with Gasteiger partial charge in [0.05, 0.1) is 17.9 Å². The Hall–Kier alpha value is -3.39. The number of carbonyl (C=O) groups excluding carboxylic acids is 1. The van der Waals surface area contributed by atoms with Crippen molar-refractivity contribution in [1.29, 1.82) is 5.26 Å². The van der Waals surface area contributed by atoms with Crippen molar-refractivity contribution in [2.45, 2.75) is 19.4 Å². The van der Waals surface area contributed by atoms with Gasteiger partial charge in [-0.1, -0.05) is 12.1 Å². The summed E-state index contributed by atoms with van der Waals surface area (Å²) in [4.78, 5) is 16.2. The summed E-state index contributed by atoms with van der Waals surface area (Å²) in [5, 5.41) is 11.7. The van der Waals surface area contributed by atoms with E-state index in [0.29, 0.717) is 24.9 Å². The van der Waals surface area contributed by atoms with Crippen LogP contribution in [-0.2, 0) is 17.8 Å². The fourth-order valence-corrected chi connectivity index (χ4v) is 2.45. The fraction of sp³-hybridized carbons (Fsp3) is 0.150. The van der Waals surface area contributed by atoms with Crippen molar-refractivity contribution in [2.75, 3.05) is 0 Å². The molecule has 0 radical (unpaired) electrons. The number of nitriles is 1. The van der Waals surface area contributed by atoms with Gasteiger partial charge in [0.1, 0.15) is 5.76 Å². The first-order chi connectivity index (χ1) is 12.2. The van der Waals surface area contributed by atoms with E-state index in [2.05, 4.69) is 16.4 Å². The third-order valence-corrected chi connectivity index (χ3v) is 3.81. The molecule has 1 amide bonds. The van der Waals surface area contributed by atoms with Gasteiger partial charge < -0.3 is 9.73 Å².